The van der Waals surface area contributed by atoms with Crippen LogP contribution in [0, 0.1) is 5.92 Å². The summed E-state index contributed by atoms with van der Waals surface area (Å²) >= 11 is 0. The van der Waals surface area contributed by atoms with Gasteiger partial charge in [-0.1, -0.05) is 0 Å². The van der Waals surface area contributed by atoms with Gasteiger partial charge in [-0.3, -0.25) is 4.79 Å². The second-order valence-corrected chi connectivity index (χ2v) is 2.28. The molecular weight excluding hydrogens is 144 g/mol. The van der Waals surface area contributed by atoms with Gasteiger partial charge in [-0.05, 0) is 19.1 Å². The van der Waals surface area contributed by atoms with E-state index in [4.69, 9.17) is 9.47 Å². The van der Waals surface area contributed by atoms with E-state index in [1.54, 1.807) is 19.3 Å². The summed E-state index contributed by atoms with van der Waals surface area (Å²) in [5.41, 5.74) is 0. The zero-order valence-corrected chi connectivity index (χ0v) is 6.53. The van der Waals surface area contributed by atoms with Crippen molar-refractivity contribution in [1.29, 1.82) is 0 Å². The number of hydrogen-bond donors (Lipinski definition) is 0. The summed E-state index contributed by atoms with van der Waals surface area (Å²) in [7, 11) is 1.60. The average molecular weight is 154 g/mol. The van der Waals surface area contributed by atoms with Gasteiger partial charge in [0, 0.05) is 0 Å². The van der Waals surface area contributed by atoms with Crippen molar-refractivity contribution in [2.45, 2.75) is 6.92 Å². The van der Waals surface area contributed by atoms with Crippen molar-refractivity contribution in [3.05, 3.63) is 23.7 Å². The molecule has 11 heavy (non-hydrogen) atoms. The highest BCUT2D eigenvalue weighted by atomic mass is 16.5. The predicted octanol–water partition coefficient (Wildman–Crippen LogP) is 1.22. The first kappa shape index (κ1) is 7.85. The Morgan fingerprint density at radius 3 is 2.55 bits per heavy atom. The average Bonchev–Trinajstić information content (AvgIpc) is 2.34. The molecule has 0 fully saturated rings. The summed E-state index contributed by atoms with van der Waals surface area (Å²) in [6.07, 6.45) is 3.53. The van der Waals surface area contributed by atoms with Crippen LogP contribution in [0.4, 0.5) is 0 Å². The van der Waals surface area contributed by atoms with Crippen LogP contribution >= 0.6 is 0 Å². The SMILES string of the molecule is COC1=CC=C(OC=O)C1C. The van der Waals surface area contributed by atoms with Crippen molar-refractivity contribution >= 4 is 6.47 Å². The van der Waals surface area contributed by atoms with Crippen LogP contribution in [0.5, 0.6) is 0 Å². The van der Waals surface area contributed by atoms with Gasteiger partial charge in [0.05, 0.1) is 13.0 Å². The maximum Gasteiger partial charge on any atom is 0.298 e. The van der Waals surface area contributed by atoms with E-state index in [-0.39, 0.29) is 5.92 Å². The third-order valence-electron chi connectivity index (χ3n) is 1.69. The summed E-state index contributed by atoms with van der Waals surface area (Å²) in [5, 5.41) is 0. The number of carbonyl (C=O) groups excluding carboxylic acids is 1. The van der Waals surface area contributed by atoms with Crippen molar-refractivity contribution in [3.8, 4) is 0 Å². The predicted molar refractivity (Wildman–Crippen MR) is 39.5 cm³/mol. The topological polar surface area (TPSA) is 35.5 Å². The van der Waals surface area contributed by atoms with Crippen molar-refractivity contribution in [1.82, 2.24) is 0 Å². The Kier molecular flexibility index (Phi) is 2.31. The van der Waals surface area contributed by atoms with Gasteiger partial charge in [-0.15, -0.1) is 0 Å². The molecule has 0 saturated carbocycles. The van der Waals surface area contributed by atoms with Crippen LogP contribution in [0.15, 0.2) is 23.7 Å². The Morgan fingerprint density at radius 2 is 2.09 bits per heavy atom. The molecule has 0 bridgehead atoms. The third-order valence-corrected chi connectivity index (χ3v) is 1.69. The van der Waals surface area contributed by atoms with E-state index in [9.17, 15) is 4.79 Å². The zero-order valence-electron chi connectivity index (χ0n) is 6.53. The lowest BCUT2D eigenvalue weighted by Crippen LogP contribution is -2.02. The van der Waals surface area contributed by atoms with Crippen LogP contribution in [0.3, 0.4) is 0 Å². The van der Waals surface area contributed by atoms with Gasteiger partial charge in [0.2, 0.25) is 0 Å². The molecule has 0 saturated heterocycles. The minimum atomic E-state index is 0.0604. The van der Waals surface area contributed by atoms with E-state index in [2.05, 4.69) is 0 Å². The van der Waals surface area contributed by atoms with Gasteiger partial charge < -0.3 is 9.47 Å². The quantitative estimate of drug-likeness (QED) is 0.573. The smallest absolute Gasteiger partial charge is 0.298 e. The number of carbonyl (C=O) groups is 1. The fourth-order valence-electron chi connectivity index (χ4n) is 1.03. The molecule has 3 nitrogen and oxygen atoms in total. The van der Waals surface area contributed by atoms with Crippen LogP contribution in [0.2, 0.25) is 0 Å². The maximum atomic E-state index is 9.97. The van der Waals surface area contributed by atoms with Crippen molar-refractivity contribution in [2.24, 2.45) is 5.92 Å². The van der Waals surface area contributed by atoms with Crippen LogP contribution < -0.4 is 0 Å². The lowest BCUT2D eigenvalue weighted by molar-refractivity contribution is -0.125. The second-order valence-electron chi connectivity index (χ2n) is 2.28. The van der Waals surface area contributed by atoms with Crippen LogP contribution in [0.1, 0.15) is 6.92 Å². The Hall–Kier alpha value is -1.25. The second kappa shape index (κ2) is 3.23. The lowest BCUT2D eigenvalue weighted by Gasteiger charge is -2.10. The number of methoxy groups -OCH3 is 1. The Balaban J connectivity index is 2.59. The molecule has 1 aliphatic carbocycles. The highest BCUT2D eigenvalue weighted by Gasteiger charge is 2.20. The third kappa shape index (κ3) is 1.42. The molecule has 1 rings (SSSR count). The van der Waals surface area contributed by atoms with Crippen LogP contribution in [-0.4, -0.2) is 13.6 Å². The molecule has 0 aromatic rings. The van der Waals surface area contributed by atoms with E-state index < -0.39 is 0 Å². The Bertz CT molecular complexity index is 215. The molecule has 60 valence electrons. The highest BCUT2D eigenvalue weighted by Crippen LogP contribution is 2.26. The highest BCUT2D eigenvalue weighted by molar-refractivity contribution is 5.42. The normalized spacial score (nSPS) is 22.2. The van der Waals surface area contributed by atoms with E-state index in [0.29, 0.717) is 12.2 Å². The van der Waals surface area contributed by atoms with Crippen LogP contribution in [0.25, 0.3) is 0 Å². The van der Waals surface area contributed by atoms with Crippen molar-refractivity contribution < 1.29 is 14.3 Å². The molecule has 0 aliphatic heterocycles. The molecule has 0 heterocycles. The summed E-state index contributed by atoms with van der Waals surface area (Å²) in [6.45, 7) is 2.34. The molecule has 1 atom stereocenters. The van der Waals surface area contributed by atoms with E-state index in [0.717, 1.165) is 5.76 Å². The first-order valence-electron chi connectivity index (χ1n) is 3.35. The van der Waals surface area contributed by atoms with E-state index in [1.807, 2.05) is 6.92 Å². The molecule has 3 heteroatoms. The molecule has 0 spiro atoms. The first-order valence-corrected chi connectivity index (χ1v) is 3.35. The molecule has 0 N–H and O–H groups in total. The first-order chi connectivity index (χ1) is 5.29. The fraction of sp³-hybridized carbons (Fsp3) is 0.375. The molecule has 0 aromatic carbocycles. The molecule has 1 aliphatic rings. The van der Waals surface area contributed by atoms with Gasteiger partial charge in [0.15, 0.2) is 0 Å². The van der Waals surface area contributed by atoms with Gasteiger partial charge >= 0.3 is 0 Å². The standard InChI is InChI=1S/C8H10O3/c1-6-7(10-2)3-4-8(6)11-5-9/h3-6H,1-2H3. The molecule has 0 amide bonds. The van der Waals surface area contributed by atoms with Gasteiger partial charge in [0.1, 0.15) is 11.5 Å². The summed E-state index contributed by atoms with van der Waals surface area (Å²) in [6, 6.07) is 0. The summed E-state index contributed by atoms with van der Waals surface area (Å²) in [5.74, 6) is 1.52. The van der Waals surface area contributed by atoms with Crippen molar-refractivity contribution in [3.63, 3.8) is 0 Å². The molecular formula is C8H10O3. The maximum absolute atomic E-state index is 9.97. The van der Waals surface area contributed by atoms with E-state index in [1.165, 1.54) is 0 Å². The van der Waals surface area contributed by atoms with Gasteiger partial charge in [-0.2, -0.15) is 0 Å². The molecule has 0 aromatic heterocycles. The van der Waals surface area contributed by atoms with Gasteiger partial charge in [0.25, 0.3) is 6.47 Å². The minimum Gasteiger partial charge on any atom is -0.500 e. The summed E-state index contributed by atoms with van der Waals surface area (Å²) < 4.78 is 9.71. The zero-order chi connectivity index (χ0) is 8.27. The van der Waals surface area contributed by atoms with Crippen molar-refractivity contribution in [2.75, 3.05) is 7.11 Å². The Morgan fingerprint density at radius 1 is 1.45 bits per heavy atom. The number of ether oxygens (including phenoxy) is 2. The number of hydrogen-bond acceptors (Lipinski definition) is 3. The van der Waals surface area contributed by atoms with E-state index >= 15 is 0 Å². The van der Waals surface area contributed by atoms with Crippen LogP contribution in [-0.2, 0) is 14.3 Å². The number of rotatable bonds is 3. The summed E-state index contributed by atoms with van der Waals surface area (Å²) in [4.78, 5) is 9.97. The minimum absolute atomic E-state index is 0.0604. The lowest BCUT2D eigenvalue weighted by atomic mass is 10.1. The largest absolute Gasteiger partial charge is 0.500 e. The monoisotopic (exact) mass is 154 g/mol. The van der Waals surface area contributed by atoms with Gasteiger partial charge in [-0.25, -0.2) is 0 Å². The molecule has 0 radical (unpaired) electrons. The number of allylic oxidation sites excluding steroid dienone is 2. The molecule has 1 unspecified atom stereocenters. The fourth-order valence-corrected chi connectivity index (χ4v) is 1.03. The Labute approximate surface area is 65.3 Å².